The fourth-order valence-electron chi connectivity index (χ4n) is 2.24. The first-order chi connectivity index (χ1) is 10.6. The van der Waals surface area contributed by atoms with Gasteiger partial charge in [-0.25, -0.2) is 0 Å². The Kier molecular flexibility index (Phi) is 4.11. The molecule has 1 atom stereocenters. The number of carbonyl (C=O) groups excluding carboxylic acids is 2. The van der Waals surface area contributed by atoms with E-state index >= 15 is 0 Å². The van der Waals surface area contributed by atoms with Crippen LogP contribution in [-0.2, 0) is 11.2 Å². The Labute approximate surface area is 135 Å². The van der Waals surface area contributed by atoms with Crippen molar-refractivity contribution in [2.24, 2.45) is 0 Å². The van der Waals surface area contributed by atoms with E-state index in [-0.39, 0.29) is 5.91 Å². The minimum absolute atomic E-state index is 0.378. The largest absolute Gasteiger partial charge is 0.480 e. The van der Waals surface area contributed by atoms with E-state index in [1.165, 1.54) is 0 Å². The van der Waals surface area contributed by atoms with Crippen molar-refractivity contribution in [3.63, 3.8) is 0 Å². The molecule has 112 valence electrons. The van der Waals surface area contributed by atoms with Gasteiger partial charge in [0.15, 0.2) is 6.10 Å². The lowest BCUT2D eigenvalue weighted by atomic mass is 10.1. The second-order valence-electron chi connectivity index (χ2n) is 4.84. The van der Waals surface area contributed by atoms with Crippen LogP contribution in [0.5, 0.6) is 5.75 Å². The Balaban J connectivity index is 1.58. The Bertz CT molecular complexity index is 708. The van der Waals surface area contributed by atoms with Crippen LogP contribution in [0.1, 0.15) is 15.9 Å². The summed E-state index contributed by atoms with van der Waals surface area (Å²) >= 11 is 3.29. The van der Waals surface area contributed by atoms with E-state index < -0.39 is 12.0 Å². The summed E-state index contributed by atoms with van der Waals surface area (Å²) in [6, 6.07) is 14.5. The molecule has 0 spiro atoms. The van der Waals surface area contributed by atoms with Crippen LogP contribution in [0.4, 0.5) is 0 Å². The fraction of sp³-hybridized carbons (Fsp3) is 0.125. The number of amides is 2. The number of halogens is 1. The lowest BCUT2D eigenvalue weighted by Gasteiger charge is -2.12. The third-order valence-electron chi connectivity index (χ3n) is 3.36. The fourth-order valence-corrected chi connectivity index (χ4v) is 2.70. The first-order valence-electron chi connectivity index (χ1n) is 6.74. The molecule has 0 saturated heterocycles. The minimum Gasteiger partial charge on any atom is -0.480 e. The molecular weight excluding hydrogens is 348 g/mol. The van der Waals surface area contributed by atoms with Crippen LogP contribution in [-0.4, -0.2) is 17.9 Å². The second-order valence-corrected chi connectivity index (χ2v) is 5.70. The number of nitrogens with one attached hydrogen (secondary N) is 2. The second kappa shape index (κ2) is 6.19. The molecule has 1 heterocycles. The highest BCUT2D eigenvalue weighted by molar-refractivity contribution is 9.10. The molecule has 2 aromatic carbocycles. The number of hydrazine groups is 1. The molecule has 0 aliphatic carbocycles. The number of hydrogen-bond donors (Lipinski definition) is 2. The van der Waals surface area contributed by atoms with Gasteiger partial charge in [-0.05, 0) is 39.7 Å². The van der Waals surface area contributed by atoms with Crippen molar-refractivity contribution < 1.29 is 14.3 Å². The normalized spacial score (nSPS) is 15.6. The topological polar surface area (TPSA) is 67.4 Å². The summed E-state index contributed by atoms with van der Waals surface area (Å²) in [7, 11) is 0. The monoisotopic (exact) mass is 360 g/mol. The third kappa shape index (κ3) is 2.96. The van der Waals surface area contributed by atoms with Crippen molar-refractivity contribution in [3.05, 3.63) is 64.1 Å². The van der Waals surface area contributed by atoms with Crippen molar-refractivity contribution in [2.75, 3.05) is 0 Å². The highest BCUT2D eigenvalue weighted by Gasteiger charge is 2.29. The number of ether oxygens (including phenoxy) is 1. The number of rotatable bonds is 2. The number of para-hydroxylation sites is 1. The van der Waals surface area contributed by atoms with Gasteiger partial charge >= 0.3 is 0 Å². The van der Waals surface area contributed by atoms with Gasteiger partial charge in [0.2, 0.25) is 0 Å². The molecule has 2 N–H and O–H groups in total. The minimum atomic E-state index is -0.628. The summed E-state index contributed by atoms with van der Waals surface area (Å²) < 4.78 is 6.22. The zero-order chi connectivity index (χ0) is 15.5. The van der Waals surface area contributed by atoms with E-state index in [0.717, 1.165) is 5.56 Å². The van der Waals surface area contributed by atoms with Crippen molar-refractivity contribution in [2.45, 2.75) is 12.5 Å². The maximum atomic E-state index is 12.1. The summed E-state index contributed by atoms with van der Waals surface area (Å²) in [5, 5.41) is 0. The molecule has 3 rings (SSSR count). The Morgan fingerprint density at radius 2 is 1.77 bits per heavy atom. The molecule has 1 aliphatic heterocycles. The first kappa shape index (κ1) is 14.6. The number of hydrogen-bond acceptors (Lipinski definition) is 3. The van der Waals surface area contributed by atoms with Crippen LogP contribution in [0, 0.1) is 0 Å². The quantitative estimate of drug-likeness (QED) is 0.806. The van der Waals surface area contributed by atoms with Crippen LogP contribution >= 0.6 is 15.9 Å². The molecule has 6 heteroatoms. The molecule has 1 aliphatic rings. The molecule has 0 aromatic heterocycles. The van der Waals surface area contributed by atoms with Gasteiger partial charge < -0.3 is 4.74 Å². The van der Waals surface area contributed by atoms with Gasteiger partial charge in [0.05, 0.1) is 5.56 Å². The summed E-state index contributed by atoms with van der Waals surface area (Å²) in [5.41, 5.74) is 6.22. The summed E-state index contributed by atoms with van der Waals surface area (Å²) in [5.74, 6) is -0.0623. The van der Waals surface area contributed by atoms with Crippen molar-refractivity contribution in [1.82, 2.24) is 10.9 Å². The SMILES string of the molecule is O=C(NNC(=O)[C@H]1Cc2ccccc2O1)c1ccccc1Br. The van der Waals surface area contributed by atoms with Gasteiger partial charge in [-0.1, -0.05) is 30.3 Å². The molecule has 2 amide bonds. The van der Waals surface area contributed by atoms with Gasteiger partial charge in [0.25, 0.3) is 11.8 Å². The van der Waals surface area contributed by atoms with Crippen LogP contribution < -0.4 is 15.6 Å². The highest BCUT2D eigenvalue weighted by atomic mass is 79.9. The Hall–Kier alpha value is -2.34. The maximum Gasteiger partial charge on any atom is 0.279 e. The summed E-state index contributed by atoms with van der Waals surface area (Å²) in [6.45, 7) is 0. The van der Waals surface area contributed by atoms with E-state index in [1.807, 2.05) is 30.3 Å². The van der Waals surface area contributed by atoms with Crippen molar-refractivity contribution in [1.29, 1.82) is 0 Å². The predicted molar refractivity (Wildman–Crippen MR) is 84.3 cm³/mol. The Morgan fingerprint density at radius 1 is 1.05 bits per heavy atom. The maximum absolute atomic E-state index is 12.1. The van der Waals surface area contributed by atoms with Crippen LogP contribution in [0.2, 0.25) is 0 Å². The van der Waals surface area contributed by atoms with E-state index in [4.69, 9.17) is 4.74 Å². The van der Waals surface area contributed by atoms with Crippen LogP contribution in [0.3, 0.4) is 0 Å². The first-order valence-corrected chi connectivity index (χ1v) is 7.54. The van der Waals surface area contributed by atoms with Crippen LogP contribution in [0.25, 0.3) is 0 Å². The smallest absolute Gasteiger partial charge is 0.279 e. The van der Waals surface area contributed by atoms with Crippen LogP contribution in [0.15, 0.2) is 53.0 Å². The molecule has 0 radical (unpaired) electrons. The van der Waals surface area contributed by atoms with Gasteiger partial charge in [0, 0.05) is 10.9 Å². The molecule has 0 fully saturated rings. The van der Waals surface area contributed by atoms with E-state index in [0.29, 0.717) is 22.2 Å². The van der Waals surface area contributed by atoms with Gasteiger partial charge in [-0.15, -0.1) is 0 Å². The molecule has 0 saturated carbocycles. The average Bonchev–Trinajstić information content (AvgIpc) is 2.97. The molecule has 0 unspecified atom stereocenters. The zero-order valence-corrected chi connectivity index (χ0v) is 13.1. The van der Waals surface area contributed by atoms with Gasteiger partial charge in [-0.3, -0.25) is 20.4 Å². The lowest BCUT2D eigenvalue weighted by molar-refractivity contribution is -0.128. The van der Waals surface area contributed by atoms with E-state index in [2.05, 4.69) is 26.8 Å². The molecule has 0 bridgehead atoms. The summed E-state index contributed by atoms with van der Waals surface area (Å²) in [6.07, 6.45) is -0.135. The zero-order valence-electron chi connectivity index (χ0n) is 11.5. The molecule has 2 aromatic rings. The van der Waals surface area contributed by atoms with Gasteiger partial charge in [-0.2, -0.15) is 0 Å². The standard InChI is InChI=1S/C16H13BrN2O3/c17-12-7-3-2-6-11(12)15(20)18-19-16(21)14-9-10-5-1-4-8-13(10)22-14/h1-8,14H,9H2,(H,18,20)(H,19,21)/t14-/m1/s1. The van der Waals surface area contributed by atoms with E-state index in [1.54, 1.807) is 18.2 Å². The van der Waals surface area contributed by atoms with Gasteiger partial charge in [0.1, 0.15) is 5.75 Å². The third-order valence-corrected chi connectivity index (χ3v) is 4.05. The molecule has 5 nitrogen and oxygen atoms in total. The van der Waals surface area contributed by atoms with Crippen molar-refractivity contribution >= 4 is 27.7 Å². The van der Waals surface area contributed by atoms with E-state index in [9.17, 15) is 9.59 Å². The number of fused-ring (bicyclic) bond motifs is 1. The number of benzene rings is 2. The molecular formula is C16H13BrN2O3. The summed E-state index contributed by atoms with van der Waals surface area (Å²) in [4.78, 5) is 24.1. The lowest BCUT2D eigenvalue weighted by Crippen LogP contribution is -2.47. The number of carbonyl (C=O) groups is 2. The Morgan fingerprint density at radius 3 is 2.55 bits per heavy atom. The van der Waals surface area contributed by atoms with Crippen molar-refractivity contribution in [3.8, 4) is 5.75 Å². The predicted octanol–water partition coefficient (Wildman–Crippen LogP) is 2.21. The highest BCUT2D eigenvalue weighted by Crippen LogP contribution is 2.28. The average molecular weight is 361 g/mol. The molecule has 22 heavy (non-hydrogen) atoms.